The summed E-state index contributed by atoms with van der Waals surface area (Å²) in [6.45, 7) is 1.05. The van der Waals surface area contributed by atoms with Gasteiger partial charge in [-0.25, -0.2) is 4.79 Å². The van der Waals surface area contributed by atoms with Gasteiger partial charge < -0.3 is 19.5 Å². The van der Waals surface area contributed by atoms with E-state index in [1.165, 1.54) is 20.1 Å². The fourth-order valence-electron chi connectivity index (χ4n) is 1.96. The summed E-state index contributed by atoms with van der Waals surface area (Å²) in [6.07, 6.45) is -0.946. The lowest BCUT2D eigenvalue weighted by Gasteiger charge is -2.15. The van der Waals surface area contributed by atoms with Crippen molar-refractivity contribution in [1.82, 2.24) is 0 Å². The van der Waals surface area contributed by atoms with Gasteiger partial charge in [0.25, 0.3) is 5.91 Å². The molecule has 0 aliphatic rings. The van der Waals surface area contributed by atoms with E-state index in [-0.39, 0.29) is 5.02 Å². The van der Waals surface area contributed by atoms with Gasteiger partial charge in [0.1, 0.15) is 11.5 Å². The van der Waals surface area contributed by atoms with Crippen LogP contribution in [-0.2, 0) is 14.3 Å². The lowest BCUT2D eigenvalue weighted by molar-refractivity contribution is -0.153. The number of anilines is 1. The lowest BCUT2D eigenvalue weighted by Crippen LogP contribution is -2.29. The number of hydrogen-bond donors (Lipinski definition) is 1. The minimum Gasteiger partial charge on any atom is -0.497 e. The molecule has 0 aromatic heterocycles. The van der Waals surface area contributed by atoms with Gasteiger partial charge in [0.05, 0.1) is 12.1 Å². The highest BCUT2D eigenvalue weighted by molar-refractivity contribution is 6.35. The van der Waals surface area contributed by atoms with Crippen LogP contribution >= 0.6 is 23.2 Å². The van der Waals surface area contributed by atoms with Crippen LogP contribution in [0.25, 0.3) is 0 Å². The van der Waals surface area contributed by atoms with E-state index in [2.05, 4.69) is 5.32 Å². The number of methoxy groups -OCH3 is 1. The summed E-state index contributed by atoms with van der Waals surface area (Å²) < 4.78 is 15.5. The van der Waals surface area contributed by atoms with E-state index in [0.29, 0.717) is 22.2 Å². The zero-order chi connectivity index (χ0) is 19.1. The van der Waals surface area contributed by atoms with Crippen LogP contribution in [0.5, 0.6) is 11.5 Å². The summed E-state index contributed by atoms with van der Waals surface area (Å²) in [4.78, 5) is 23.8. The number of amides is 1. The molecule has 0 fully saturated rings. The predicted octanol–water partition coefficient (Wildman–Crippen LogP) is 3.95. The lowest BCUT2D eigenvalue weighted by atomic mass is 10.3. The van der Waals surface area contributed by atoms with Gasteiger partial charge in [0, 0.05) is 16.8 Å². The Morgan fingerprint density at radius 1 is 1.15 bits per heavy atom. The number of benzene rings is 2. The largest absolute Gasteiger partial charge is 0.497 e. The maximum absolute atomic E-state index is 12.0. The summed E-state index contributed by atoms with van der Waals surface area (Å²) in [7, 11) is 1.52. The normalized spacial score (nSPS) is 11.4. The van der Waals surface area contributed by atoms with Crippen LogP contribution in [0, 0.1) is 0 Å². The number of ether oxygens (including phenoxy) is 3. The Morgan fingerprint density at radius 3 is 2.62 bits per heavy atom. The highest BCUT2D eigenvalue weighted by Crippen LogP contribution is 2.28. The zero-order valence-corrected chi connectivity index (χ0v) is 15.6. The van der Waals surface area contributed by atoms with Crippen LogP contribution in [-0.4, -0.2) is 31.7 Å². The number of hydrogen-bond acceptors (Lipinski definition) is 5. The van der Waals surface area contributed by atoms with Crippen LogP contribution in [0.3, 0.4) is 0 Å². The molecular formula is C18H17Cl2NO5. The van der Waals surface area contributed by atoms with Gasteiger partial charge in [0.15, 0.2) is 12.7 Å². The molecule has 0 aliphatic heterocycles. The Labute approximate surface area is 160 Å². The fraction of sp³-hybridized carbons (Fsp3) is 0.222. The van der Waals surface area contributed by atoms with Crippen molar-refractivity contribution in [1.29, 1.82) is 0 Å². The van der Waals surface area contributed by atoms with Gasteiger partial charge in [-0.15, -0.1) is 0 Å². The minimum absolute atomic E-state index is 0.271. The van der Waals surface area contributed by atoms with Crippen molar-refractivity contribution >= 4 is 40.8 Å². The van der Waals surface area contributed by atoms with Crippen molar-refractivity contribution in [2.75, 3.05) is 19.0 Å². The van der Waals surface area contributed by atoms with E-state index in [1.807, 2.05) is 0 Å². The maximum Gasteiger partial charge on any atom is 0.347 e. The van der Waals surface area contributed by atoms with Crippen LogP contribution in [0.1, 0.15) is 6.92 Å². The molecule has 1 atom stereocenters. The van der Waals surface area contributed by atoms with E-state index < -0.39 is 24.6 Å². The van der Waals surface area contributed by atoms with Gasteiger partial charge in [-0.1, -0.05) is 29.3 Å². The highest BCUT2D eigenvalue weighted by Gasteiger charge is 2.19. The second-order valence-corrected chi connectivity index (χ2v) is 6.07. The van der Waals surface area contributed by atoms with Crippen molar-refractivity contribution < 1.29 is 23.8 Å². The Kier molecular flexibility index (Phi) is 7.12. The van der Waals surface area contributed by atoms with Crippen molar-refractivity contribution in [2.45, 2.75) is 13.0 Å². The molecule has 1 amide bonds. The molecule has 0 heterocycles. The number of carbonyl (C=O) groups is 2. The highest BCUT2D eigenvalue weighted by atomic mass is 35.5. The molecule has 0 unspecified atom stereocenters. The van der Waals surface area contributed by atoms with Crippen molar-refractivity contribution in [2.24, 2.45) is 0 Å². The Bertz CT molecular complexity index is 797. The van der Waals surface area contributed by atoms with Crippen molar-refractivity contribution in [3.63, 3.8) is 0 Å². The minimum atomic E-state index is -0.946. The molecular weight excluding hydrogens is 381 g/mol. The standard InChI is InChI=1S/C18H17Cl2NO5/c1-11(26-16-7-6-12(19)8-15(16)20)18(23)25-10-17(22)21-13-4-3-5-14(9-13)24-2/h3-9,11H,10H2,1-2H3,(H,21,22)/t11-/m0/s1. The molecule has 0 aliphatic carbocycles. The maximum atomic E-state index is 12.0. The molecule has 138 valence electrons. The van der Waals surface area contributed by atoms with Crippen molar-refractivity contribution in [3.05, 3.63) is 52.5 Å². The monoisotopic (exact) mass is 397 g/mol. The third kappa shape index (κ3) is 5.82. The molecule has 0 spiro atoms. The second-order valence-electron chi connectivity index (χ2n) is 5.22. The third-order valence-corrected chi connectivity index (χ3v) is 3.76. The van der Waals surface area contributed by atoms with Crippen LogP contribution in [0.4, 0.5) is 5.69 Å². The topological polar surface area (TPSA) is 73.9 Å². The van der Waals surface area contributed by atoms with Crippen LogP contribution in [0.15, 0.2) is 42.5 Å². The molecule has 8 heteroatoms. The first-order chi connectivity index (χ1) is 12.4. The summed E-state index contributed by atoms with van der Waals surface area (Å²) >= 11 is 11.8. The Morgan fingerprint density at radius 2 is 1.92 bits per heavy atom. The van der Waals surface area contributed by atoms with E-state index in [0.717, 1.165) is 0 Å². The van der Waals surface area contributed by atoms with E-state index in [4.69, 9.17) is 37.4 Å². The second kappa shape index (κ2) is 9.31. The Hall–Kier alpha value is -2.44. The summed E-state index contributed by atoms with van der Waals surface area (Å²) in [5, 5.41) is 3.33. The van der Waals surface area contributed by atoms with Gasteiger partial charge >= 0.3 is 5.97 Å². The number of carbonyl (C=O) groups excluding carboxylic acids is 2. The number of esters is 1. The first-order valence-electron chi connectivity index (χ1n) is 7.61. The average molecular weight is 398 g/mol. The Balaban J connectivity index is 1.83. The zero-order valence-electron chi connectivity index (χ0n) is 14.1. The van der Waals surface area contributed by atoms with Crippen molar-refractivity contribution in [3.8, 4) is 11.5 Å². The quantitative estimate of drug-likeness (QED) is 0.715. The van der Waals surface area contributed by atoms with Gasteiger partial charge in [-0.2, -0.15) is 0 Å². The van der Waals surface area contributed by atoms with E-state index >= 15 is 0 Å². The third-order valence-electron chi connectivity index (χ3n) is 3.23. The first-order valence-corrected chi connectivity index (χ1v) is 8.37. The molecule has 1 N–H and O–H groups in total. The number of rotatable bonds is 7. The van der Waals surface area contributed by atoms with Gasteiger partial charge in [-0.3, -0.25) is 4.79 Å². The predicted molar refractivity (Wildman–Crippen MR) is 99.1 cm³/mol. The summed E-state index contributed by atoms with van der Waals surface area (Å²) in [5.41, 5.74) is 0.530. The molecule has 2 rings (SSSR count). The van der Waals surface area contributed by atoms with Gasteiger partial charge in [-0.05, 0) is 37.3 Å². The molecule has 26 heavy (non-hydrogen) atoms. The van der Waals surface area contributed by atoms with Crippen LogP contribution in [0.2, 0.25) is 10.0 Å². The number of halogens is 2. The molecule has 2 aromatic rings. The molecule has 0 saturated heterocycles. The summed E-state index contributed by atoms with van der Waals surface area (Å²) in [5.74, 6) is -0.289. The molecule has 2 aromatic carbocycles. The molecule has 6 nitrogen and oxygen atoms in total. The molecule has 0 saturated carbocycles. The molecule has 0 bridgehead atoms. The summed E-state index contributed by atoms with van der Waals surface area (Å²) in [6, 6.07) is 11.4. The van der Waals surface area contributed by atoms with Crippen LogP contribution < -0.4 is 14.8 Å². The number of nitrogens with one attached hydrogen (secondary N) is 1. The smallest absolute Gasteiger partial charge is 0.347 e. The fourth-order valence-corrected chi connectivity index (χ4v) is 2.41. The van der Waals surface area contributed by atoms with E-state index in [1.54, 1.807) is 36.4 Å². The van der Waals surface area contributed by atoms with E-state index in [9.17, 15) is 9.59 Å². The molecule has 0 radical (unpaired) electrons. The average Bonchev–Trinajstić information content (AvgIpc) is 2.62. The van der Waals surface area contributed by atoms with Gasteiger partial charge in [0.2, 0.25) is 0 Å². The first kappa shape index (κ1) is 19.9. The SMILES string of the molecule is COc1cccc(NC(=O)COC(=O)[C@H](C)Oc2ccc(Cl)cc2Cl)c1.